The summed E-state index contributed by atoms with van der Waals surface area (Å²) in [5.74, 6) is 0.473. The first-order valence-electron chi connectivity index (χ1n) is 9.94. The second-order valence-corrected chi connectivity index (χ2v) is 10.1. The molecule has 10 nitrogen and oxygen atoms in total. The van der Waals surface area contributed by atoms with E-state index in [4.69, 9.17) is 0 Å². The van der Waals surface area contributed by atoms with Gasteiger partial charge in [-0.05, 0) is 43.5 Å². The standard InChI is InChI=1S/C20H26N6O4S/c1-11-5-8-13(15(9-11)26(3)31(4,29)30)21-14-10-16(23-19(27)12-6-7-12)22-18-17(14)20(28)25(2)24-18/h5,8-10,12,16,21-22,24H,6-7H2,1-4H3,(H,23,27). The average molecular weight is 447 g/mol. The second-order valence-electron chi connectivity index (χ2n) is 8.09. The molecule has 4 rings (SSSR count). The van der Waals surface area contributed by atoms with Crippen molar-refractivity contribution in [2.75, 3.05) is 28.2 Å². The molecule has 0 saturated heterocycles. The lowest BCUT2D eigenvalue weighted by molar-refractivity contribution is -0.122. The highest BCUT2D eigenvalue weighted by Crippen LogP contribution is 2.34. The van der Waals surface area contributed by atoms with Crippen LogP contribution in [0.4, 0.5) is 17.2 Å². The van der Waals surface area contributed by atoms with Crippen molar-refractivity contribution in [2.24, 2.45) is 13.0 Å². The number of rotatable bonds is 6. The molecule has 2 heterocycles. The Morgan fingerprint density at radius 3 is 2.65 bits per heavy atom. The van der Waals surface area contributed by atoms with Crippen molar-refractivity contribution in [2.45, 2.75) is 25.9 Å². The third-order valence-electron chi connectivity index (χ3n) is 5.46. The van der Waals surface area contributed by atoms with Gasteiger partial charge >= 0.3 is 0 Å². The molecular weight excluding hydrogens is 420 g/mol. The number of aromatic amines is 1. The summed E-state index contributed by atoms with van der Waals surface area (Å²) in [6.45, 7) is 1.87. The van der Waals surface area contributed by atoms with E-state index in [-0.39, 0.29) is 17.4 Å². The number of nitrogens with zero attached hydrogens (tertiary/aromatic N) is 2. The second kappa shape index (κ2) is 7.49. The summed E-state index contributed by atoms with van der Waals surface area (Å²) in [6.07, 6.45) is 4.09. The van der Waals surface area contributed by atoms with Crippen molar-refractivity contribution < 1.29 is 13.2 Å². The number of fused-ring (bicyclic) bond motifs is 1. The molecule has 1 aromatic carbocycles. The highest BCUT2D eigenvalue weighted by molar-refractivity contribution is 7.92. The van der Waals surface area contributed by atoms with Crippen LogP contribution >= 0.6 is 0 Å². The highest BCUT2D eigenvalue weighted by Gasteiger charge is 2.33. The number of hydrogen-bond acceptors (Lipinski definition) is 6. The van der Waals surface area contributed by atoms with E-state index in [9.17, 15) is 18.0 Å². The van der Waals surface area contributed by atoms with Gasteiger partial charge in [-0.25, -0.2) is 8.42 Å². The predicted octanol–water partition coefficient (Wildman–Crippen LogP) is 1.15. The molecule has 0 spiro atoms. The van der Waals surface area contributed by atoms with Gasteiger partial charge < -0.3 is 16.0 Å². The summed E-state index contributed by atoms with van der Waals surface area (Å²) in [6, 6.07) is 5.38. The minimum atomic E-state index is -3.50. The molecule has 2 aliphatic rings. The monoisotopic (exact) mass is 446 g/mol. The van der Waals surface area contributed by atoms with Crippen LogP contribution in [0.25, 0.3) is 5.70 Å². The zero-order valence-electron chi connectivity index (χ0n) is 17.8. The Kier molecular flexibility index (Phi) is 5.08. The van der Waals surface area contributed by atoms with Crippen LogP contribution in [0.2, 0.25) is 0 Å². The first-order chi connectivity index (χ1) is 14.5. The van der Waals surface area contributed by atoms with Gasteiger partial charge in [0.25, 0.3) is 5.56 Å². The summed E-state index contributed by atoms with van der Waals surface area (Å²) < 4.78 is 26.8. The zero-order valence-corrected chi connectivity index (χ0v) is 18.6. The largest absolute Gasteiger partial charge is 0.353 e. The first kappa shape index (κ1) is 21.0. The van der Waals surface area contributed by atoms with Crippen LogP contribution in [0, 0.1) is 12.8 Å². The molecule has 1 unspecified atom stereocenters. The van der Waals surface area contributed by atoms with Crippen molar-refractivity contribution >= 4 is 38.8 Å². The van der Waals surface area contributed by atoms with Crippen LogP contribution in [0.5, 0.6) is 0 Å². The molecule has 31 heavy (non-hydrogen) atoms. The number of sulfonamides is 1. The number of nitrogens with one attached hydrogen (secondary N) is 4. The molecule has 166 valence electrons. The van der Waals surface area contributed by atoms with E-state index in [2.05, 4.69) is 21.0 Å². The van der Waals surface area contributed by atoms with E-state index < -0.39 is 16.2 Å². The Labute approximate surface area is 180 Å². The molecule has 4 N–H and O–H groups in total. The minimum absolute atomic E-state index is 0.0370. The topological polar surface area (TPSA) is 128 Å². The van der Waals surface area contributed by atoms with E-state index >= 15 is 0 Å². The maximum Gasteiger partial charge on any atom is 0.277 e. The molecule has 1 aliphatic carbocycles. The molecule has 1 atom stereocenters. The van der Waals surface area contributed by atoms with E-state index in [1.165, 1.54) is 16.0 Å². The smallest absolute Gasteiger partial charge is 0.277 e. The zero-order chi connectivity index (χ0) is 22.5. The lowest BCUT2D eigenvalue weighted by Crippen LogP contribution is -2.42. The Balaban J connectivity index is 1.74. The maximum absolute atomic E-state index is 12.7. The van der Waals surface area contributed by atoms with Crippen LogP contribution in [-0.2, 0) is 21.9 Å². The predicted molar refractivity (Wildman–Crippen MR) is 120 cm³/mol. The molecule has 1 fully saturated rings. The SMILES string of the molecule is Cc1ccc(NC2=CC(NC(=O)C3CC3)Nc3[nH]n(C)c(=O)c32)c(N(C)S(C)(=O)=O)c1. The Hall–Kier alpha value is -3.21. The molecule has 1 saturated carbocycles. The number of benzene rings is 1. The Bertz CT molecular complexity index is 1240. The van der Waals surface area contributed by atoms with Gasteiger partial charge in [0.15, 0.2) is 0 Å². The van der Waals surface area contributed by atoms with Gasteiger partial charge in [-0.15, -0.1) is 0 Å². The summed E-state index contributed by atoms with van der Waals surface area (Å²) in [7, 11) is -0.416. The van der Waals surface area contributed by atoms with Gasteiger partial charge in [0, 0.05) is 20.0 Å². The third-order valence-corrected chi connectivity index (χ3v) is 6.65. The number of carbonyl (C=O) groups excluding carboxylic acids is 1. The van der Waals surface area contributed by atoms with Crippen molar-refractivity contribution in [3.8, 4) is 0 Å². The van der Waals surface area contributed by atoms with Gasteiger partial charge in [-0.2, -0.15) is 0 Å². The number of aromatic nitrogens is 2. The van der Waals surface area contributed by atoms with Crippen molar-refractivity contribution in [1.82, 2.24) is 15.1 Å². The number of H-pyrrole nitrogens is 1. The maximum atomic E-state index is 12.7. The number of anilines is 3. The lowest BCUT2D eigenvalue weighted by Gasteiger charge is -2.26. The third kappa shape index (κ3) is 4.18. The molecule has 0 radical (unpaired) electrons. The lowest BCUT2D eigenvalue weighted by atomic mass is 10.1. The number of aryl methyl sites for hydroxylation is 2. The quantitative estimate of drug-likeness (QED) is 0.527. The fourth-order valence-electron chi connectivity index (χ4n) is 3.48. The first-order valence-corrected chi connectivity index (χ1v) is 11.8. The van der Waals surface area contributed by atoms with E-state index in [1.807, 2.05) is 13.0 Å². The van der Waals surface area contributed by atoms with E-state index in [0.717, 1.165) is 24.7 Å². The fourth-order valence-corrected chi connectivity index (χ4v) is 3.99. The summed E-state index contributed by atoms with van der Waals surface area (Å²) >= 11 is 0. The Morgan fingerprint density at radius 1 is 1.29 bits per heavy atom. The molecule has 2 aromatic rings. The van der Waals surface area contributed by atoms with Crippen LogP contribution in [-0.4, -0.2) is 43.6 Å². The summed E-state index contributed by atoms with van der Waals surface area (Å²) in [4.78, 5) is 25.0. The highest BCUT2D eigenvalue weighted by atomic mass is 32.2. The average Bonchev–Trinajstić information content (AvgIpc) is 3.49. The van der Waals surface area contributed by atoms with Crippen molar-refractivity contribution in [3.63, 3.8) is 0 Å². The van der Waals surface area contributed by atoms with Gasteiger partial charge in [-0.1, -0.05) is 6.07 Å². The molecule has 1 aliphatic heterocycles. The van der Waals surface area contributed by atoms with Crippen LogP contribution in [0.3, 0.4) is 0 Å². The van der Waals surface area contributed by atoms with E-state index in [1.54, 1.807) is 25.3 Å². The van der Waals surface area contributed by atoms with Gasteiger partial charge in [0.2, 0.25) is 15.9 Å². The number of amides is 1. The molecular formula is C20H26N6O4S. The minimum Gasteiger partial charge on any atom is -0.353 e. The van der Waals surface area contributed by atoms with Gasteiger partial charge in [0.1, 0.15) is 17.5 Å². The molecule has 1 aromatic heterocycles. The molecule has 0 bridgehead atoms. The number of carbonyl (C=O) groups is 1. The van der Waals surface area contributed by atoms with Gasteiger partial charge in [0.05, 0.1) is 23.3 Å². The van der Waals surface area contributed by atoms with E-state index in [0.29, 0.717) is 28.5 Å². The molecule has 1 amide bonds. The van der Waals surface area contributed by atoms with Crippen LogP contribution < -0.4 is 25.8 Å². The van der Waals surface area contributed by atoms with Crippen LogP contribution in [0.1, 0.15) is 24.0 Å². The molecule has 11 heteroatoms. The fraction of sp³-hybridized carbons (Fsp3) is 0.400. The van der Waals surface area contributed by atoms with Crippen molar-refractivity contribution in [1.29, 1.82) is 0 Å². The Morgan fingerprint density at radius 2 is 2.00 bits per heavy atom. The normalized spacial score (nSPS) is 17.9. The van der Waals surface area contributed by atoms with Crippen LogP contribution in [0.15, 0.2) is 29.1 Å². The summed E-state index contributed by atoms with van der Waals surface area (Å²) in [5.41, 5.74) is 2.47. The number of hydrogen-bond donors (Lipinski definition) is 4. The van der Waals surface area contributed by atoms with Gasteiger partial charge in [-0.3, -0.25) is 23.7 Å². The summed E-state index contributed by atoms with van der Waals surface area (Å²) in [5, 5.41) is 12.2. The van der Waals surface area contributed by atoms with Crippen molar-refractivity contribution in [3.05, 3.63) is 45.8 Å².